The van der Waals surface area contributed by atoms with E-state index in [-0.39, 0.29) is 12.0 Å². The predicted molar refractivity (Wildman–Crippen MR) is 63.7 cm³/mol. The van der Waals surface area contributed by atoms with Gasteiger partial charge in [-0.1, -0.05) is 39.6 Å². The van der Waals surface area contributed by atoms with Crippen LogP contribution in [-0.4, -0.2) is 23.0 Å². The Bertz CT molecular complexity index is 172. The van der Waals surface area contributed by atoms with Crippen LogP contribution in [0.5, 0.6) is 0 Å². The summed E-state index contributed by atoms with van der Waals surface area (Å²) in [5.74, 6) is 1.11. The lowest BCUT2D eigenvalue weighted by molar-refractivity contribution is -0.141. The molecular formula is C9H15ClO2S2. The molecule has 5 heteroatoms. The maximum atomic E-state index is 10.9. The van der Waals surface area contributed by atoms with Crippen LogP contribution in [-0.2, 0) is 9.53 Å². The van der Waals surface area contributed by atoms with Crippen molar-refractivity contribution < 1.29 is 9.53 Å². The van der Waals surface area contributed by atoms with Crippen LogP contribution in [0.4, 0.5) is 0 Å². The maximum absolute atomic E-state index is 10.9. The number of carbonyl (C=O) groups excluding carboxylic acids is 1. The zero-order valence-corrected chi connectivity index (χ0v) is 10.4. The van der Waals surface area contributed by atoms with Crippen LogP contribution in [0.3, 0.4) is 0 Å². The fraction of sp³-hybridized carbons (Fsp3) is 0.889. The summed E-state index contributed by atoms with van der Waals surface area (Å²) < 4.78 is 4.63. The van der Waals surface area contributed by atoms with Crippen molar-refractivity contribution in [3.8, 4) is 0 Å². The molecule has 1 heterocycles. The van der Waals surface area contributed by atoms with Gasteiger partial charge in [-0.05, 0) is 19.3 Å². The van der Waals surface area contributed by atoms with Crippen LogP contribution in [0.25, 0.3) is 0 Å². The van der Waals surface area contributed by atoms with Crippen molar-refractivity contribution in [2.45, 2.75) is 37.4 Å². The highest BCUT2D eigenvalue weighted by Crippen LogP contribution is 2.39. The van der Waals surface area contributed by atoms with Gasteiger partial charge in [0, 0.05) is 17.4 Å². The third-order valence-electron chi connectivity index (χ3n) is 2.10. The number of ether oxygens (including phenoxy) is 1. The van der Waals surface area contributed by atoms with E-state index in [1.165, 1.54) is 18.6 Å². The SMILES string of the molecule is O=C(CCCCC1CCSS1)OCCl. The molecule has 0 aliphatic carbocycles. The van der Waals surface area contributed by atoms with Gasteiger partial charge in [0.25, 0.3) is 0 Å². The molecule has 0 bridgehead atoms. The standard InChI is InChI=1S/C9H15ClO2S2/c10-7-12-9(11)4-2-1-3-8-5-6-13-14-8/h8H,1-7H2. The summed E-state index contributed by atoms with van der Waals surface area (Å²) in [6.07, 6.45) is 5.11. The minimum Gasteiger partial charge on any atom is -0.449 e. The topological polar surface area (TPSA) is 26.3 Å². The first kappa shape index (κ1) is 12.5. The van der Waals surface area contributed by atoms with Gasteiger partial charge in [0.2, 0.25) is 0 Å². The van der Waals surface area contributed by atoms with Crippen molar-refractivity contribution in [2.24, 2.45) is 0 Å². The second-order valence-electron chi connectivity index (χ2n) is 3.20. The van der Waals surface area contributed by atoms with Crippen LogP contribution in [0.15, 0.2) is 0 Å². The first-order valence-electron chi connectivity index (χ1n) is 4.83. The van der Waals surface area contributed by atoms with Crippen LogP contribution >= 0.6 is 33.2 Å². The molecule has 0 aromatic carbocycles. The van der Waals surface area contributed by atoms with Crippen LogP contribution < -0.4 is 0 Å². The van der Waals surface area contributed by atoms with E-state index in [1.54, 1.807) is 0 Å². The third-order valence-corrected chi connectivity index (χ3v) is 5.22. The lowest BCUT2D eigenvalue weighted by Gasteiger charge is -2.06. The quantitative estimate of drug-likeness (QED) is 0.314. The summed E-state index contributed by atoms with van der Waals surface area (Å²) in [6, 6.07) is -0.0199. The maximum Gasteiger partial charge on any atom is 0.306 e. The molecule has 0 radical (unpaired) electrons. The number of unbranched alkanes of at least 4 members (excludes halogenated alkanes) is 1. The minimum atomic E-state index is -0.173. The van der Waals surface area contributed by atoms with Gasteiger partial charge in [-0.2, -0.15) is 0 Å². The number of halogens is 1. The second-order valence-corrected chi connectivity index (χ2v) is 6.21. The van der Waals surface area contributed by atoms with E-state index in [1.807, 2.05) is 21.6 Å². The molecular weight excluding hydrogens is 240 g/mol. The van der Waals surface area contributed by atoms with Gasteiger partial charge >= 0.3 is 5.97 Å². The average molecular weight is 255 g/mol. The van der Waals surface area contributed by atoms with Gasteiger partial charge in [0.1, 0.15) is 0 Å². The van der Waals surface area contributed by atoms with Crippen LogP contribution in [0, 0.1) is 0 Å². The summed E-state index contributed by atoms with van der Waals surface area (Å²) in [6.45, 7) is 0. The molecule has 1 fully saturated rings. The Balaban J connectivity index is 1.90. The Hall–Kier alpha value is 0.460. The number of rotatable bonds is 6. The Kier molecular flexibility index (Phi) is 6.90. The highest BCUT2D eigenvalue weighted by atomic mass is 35.5. The van der Waals surface area contributed by atoms with Gasteiger partial charge < -0.3 is 4.74 Å². The fourth-order valence-corrected chi connectivity index (χ4v) is 4.49. The number of carbonyl (C=O) groups is 1. The van der Waals surface area contributed by atoms with Crippen molar-refractivity contribution in [2.75, 3.05) is 11.8 Å². The molecule has 82 valence electrons. The molecule has 1 unspecified atom stereocenters. The average Bonchev–Trinajstić information content (AvgIpc) is 2.65. The van der Waals surface area contributed by atoms with E-state index < -0.39 is 0 Å². The first-order valence-corrected chi connectivity index (χ1v) is 7.74. The van der Waals surface area contributed by atoms with E-state index in [0.29, 0.717) is 6.42 Å². The number of hydrogen-bond acceptors (Lipinski definition) is 4. The summed E-state index contributed by atoms with van der Waals surface area (Å²) >= 11 is 5.26. The van der Waals surface area contributed by atoms with Gasteiger partial charge in [-0.15, -0.1) is 0 Å². The Morgan fingerprint density at radius 3 is 3.00 bits per heavy atom. The lowest BCUT2D eigenvalue weighted by atomic mass is 10.1. The zero-order valence-electron chi connectivity index (χ0n) is 8.04. The summed E-state index contributed by atoms with van der Waals surface area (Å²) in [7, 11) is 3.95. The minimum absolute atomic E-state index is 0.0199. The van der Waals surface area contributed by atoms with Crippen LogP contribution in [0.2, 0.25) is 0 Å². The summed E-state index contributed by atoms with van der Waals surface area (Å²) in [4.78, 5) is 10.9. The third kappa shape index (κ3) is 5.37. The van der Waals surface area contributed by atoms with Crippen molar-refractivity contribution >= 4 is 39.2 Å². The van der Waals surface area contributed by atoms with E-state index in [9.17, 15) is 4.79 Å². The van der Waals surface area contributed by atoms with Crippen molar-refractivity contribution in [3.05, 3.63) is 0 Å². The fourth-order valence-electron chi connectivity index (χ4n) is 1.34. The smallest absolute Gasteiger partial charge is 0.306 e. The molecule has 1 atom stereocenters. The first-order chi connectivity index (χ1) is 6.83. The second kappa shape index (κ2) is 7.71. The van der Waals surface area contributed by atoms with Crippen molar-refractivity contribution in [1.82, 2.24) is 0 Å². The molecule has 0 aromatic rings. The van der Waals surface area contributed by atoms with E-state index in [2.05, 4.69) is 4.74 Å². The predicted octanol–water partition coefficient (Wildman–Crippen LogP) is 3.44. The van der Waals surface area contributed by atoms with E-state index in [4.69, 9.17) is 11.6 Å². The highest BCUT2D eigenvalue weighted by molar-refractivity contribution is 8.77. The Morgan fingerprint density at radius 1 is 1.50 bits per heavy atom. The largest absolute Gasteiger partial charge is 0.449 e. The molecule has 0 saturated carbocycles. The molecule has 1 rings (SSSR count). The normalized spacial score (nSPS) is 21.1. The molecule has 14 heavy (non-hydrogen) atoms. The van der Waals surface area contributed by atoms with E-state index >= 15 is 0 Å². The molecule has 1 aliphatic heterocycles. The monoisotopic (exact) mass is 254 g/mol. The molecule has 1 saturated heterocycles. The lowest BCUT2D eigenvalue weighted by Crippen LogP contribution is -2.03. The van der Waals surface area contributed by atoms with Gasteiger partial charge in [-0.25, -0.2) is 0 Å². The van der Waals surface area contributed by atoms with Crippen molar-refractivity contribution in [1.29, 1.82) is 0 Å². The van der Waals surface area contributed by atoms with E-state index in [0.717, 1.165) is 18.1 Å². The number of esters is 1. The highest BCUT2D eigenvalue weighted by Gasteiger charge is 2.15. The molecule has 0 spiro atoms. The Morgan fingerprint density at radius 2 is 2.36 bits per heavy atom. The molecule has 1 aliphatic rings. The number of hydrogen-bond donors (Lipinski definition) is 0. The number of alkyl halides is 1. The molecule has 0 aromatic heterocycles. The van der Waals surface area contributed by atoms with Gasteiger partial charge in [0.15, 0.2) is 6.07 Å². The Labute approximate surface area is 97.9 Å². The summed E-state index contributed by atoms with van der Waals surface area (Å²) in [5, 5.41) is 0.809. The van der Waals surface area contributed by atoms with Crippen molar-refractivity contribution in [3.63, 3.8) is 0 Å². The molecule has 0 amide bonds. The molecule has 2 nitrogen and oxygen atoms in total. The molecule has 0 N–H and O–H groups in total. The van der Waals surface area contributed by atoms with Crippen LogP contribution in [0.1, 0.15) is 32.1 Å². The summed E-state index contributed by atoms with van der Waals surface area (Å²) in [5.41, 5.74) is 0. The van der Waals surface area contributed by atoms with Gasteiger partial charge in [-0.3, -0.25) is 4.79 Å². The zero-order chi connectivity index (χ0) is 10.2. The van der Waals surface area contributed by atoms with Gasteiger partial charge in [0.05, 0.1) is 0 Å².